The van der Waals surface area contributed by atoms with Crippen molar-refractivity contribution >= 4 is 6.03 Å². The van der Waals surface area contributed by atoms with Gasteiger partial charge in [-0.15, -0.1) is 0 Å². The average Bonchev–Trinajstić information content (AvgIpc) is 2.86. The highest BCUT2D eigenvalue weighted by molar-refractivity contribution is 5.74. The summed E-state index contributed by atoms with van der Waals surface area (Å²) in [6, 6.07) is 8.17. The minimum absolute atomic E-state index is 0.0760. The van der Waals surface area contributed by atoms with E-state index in [9.17, 15) is 4.79 Å². The van der Waals surface area contributed by atoms with Gasteiger partial charge in [0.2, 0.25) is 0 Å². The van der Waals surface area contributed by atoms with Crippen molar-refractivity contribution in [2.45, 2.75) is 31.8 Å². The molecule has 132 valence electrons. The van der Waals surface area contributed by atoms with Crippen LogP contribution in [0.1, 0.15) is 24.8 Å². The molecule has 3 atom stereocenters. The first-order valence-electron chi connectivity index (χ1n) is 8.89. The van der Waals surface area contributed by atoms with E-state index in [4.69, 9.17) is 9.47 Å². The summed E-state index contributed by atoms with van der Waals surface area (Å²) in [7, 11) is 3.48. The number of likely N-dealkylation sites (tertiary alicyclic amines) is 1. The maximum absolute atomic E-state index is 12.4. The van der Waals surface area contributed by atoms with Crippen LogP contribution in [-0.4, -0.2) is 50.9 Å². The van der Waals surface area contributed by atoms with Crippen LogP contribution in [0.5, 0.6) is 5.75 Å². The first-order valence-corrected chi connectivity index (χ1v) is 8.89. The number of fused-ring (bicyclic) bond motifs is 2. The molecule has 1 aliphatic heterocycles. The molecular formula is C19H28N2O3. The lowest BCUT2D eigenvalue weighted by atomic mass is 9.95. The summed E-state index contributed by atoms with van der Waals surface area (Å²) in [6.07, 6.45) is 4.59. The average molecular weight is 332 g/mol. The molecule has 2 aliphatic rings. The number of urea groups is 1. The first-order chi connectivity index (χ1) is 11.7. The zero-order valence-electron chi connectivity index (χ0n) is 14.7. The summed E-state index contributed by atoms with van der Waals surface area (Å²) in [6.45, 7) is 2.36. The van der Waals surface area contributed by atoms with Gasteiger partial charge in [-0.2, -0.15) is 0 Å². The molecule has 2 bridgehead atoms. The van der Waals surface area contributed by atoms with Crippen LogP contribution in [0.25, 0.3) is 0 Å². The standard InChI is InChI=1S/C19H28N2O3/c1-23-17-7-3-5-14(11-17)6-4-10-20-19(22)21-12-15-8-9-16(13-21)18(15)24-2/h3,5,7,11,15-16,18H,4,6,8-10,12-13H2,1-2H3,(H,20,22)/t15-,16+,18?. The second-order valence-corrected chi connectivity index (χ2v) is 6.89. The molecule has 1 N–H and O–H groups in total. The van der Waals surface area contributed by atoms with Crippen LogP contribution in [0.4, 0.5) is 4.79 Å². The Morgan fingerprint density at radius 1 is 1.25 bits per heavy atom. The van der Waals surface area contributed by atoms with Crippen LogP contribution in [0.15, 0.2) is 24.3 Å². The van der Waals surface area contributed by atoms with Gasteiger partial charge in [0.1, 0.15) is 5.75 Å². The van der Waals surface area contributed by atoms with E-state index < -0.39 is 0 Å². The van der Waals surface area contributed by atoms with Crippen LogP contribution in [0, 0.1) is 11.8 Å². The van der Waals surface area contributed by atoms with Gasteiger partial charge in [-0.1, -0.05) is 12.1 Å². The molecule has 0 spiro atoms. The van der Waals surface area contributed by atoms with Crippen molar-refractivity contribution in [3.05, 3.63) is 29.8 Å². The van der Waals surface area contributed by atoms with Crippen molar-refractivity contribution in [1.82, 2.24) is 10.2 Å². The van der Waals surface area contributed by atoms with Crippen molar-refractivity contribution in [2.24, 2.45) is 11.8 Å². The quantitative estimate of drug-likeness (QED) is 0.815. The number of rotatable bonds is 6. The van der Waals surface area contributed by atoms with Crippen LogP contribution in [-0.2, 0) is 11.2 Å². The van der Waals surface area contributed by atoms with E-state index in [-0.39, 0.29) is 6.03 Å². The van der Waals surface area contributed by atoms with Gasteiger partial charge in [-0.25, -0.2) is 4.79 Å². The summed E-state index contributed by atoms with van der Waals surface area (Å²) in [5.74, 6) is 1.90. The third kappa shape index (κ3) is 3.83. The van der Waals surface area contributed by atoms with Crippen molar-refractivity contribution < 1.29 is 14.3 Å². The molecule has 5 heteroatoms. The molecular weight excluding hydrogens is 304 g/mol. The molecule has 2 amide bonds. The fourth-order valence-electron chi connectivity index (χ4n) is 4.15. The zero-order valence-corrected chi connectivity index (χ0v) is 14.7. The number of nitrogens with one attached hydrogen (secondary N) is 1. The Balaban J connectivity index is 1.40. The van der Waals surface area contributed by atoms with E-state index in [1.807, 2.05) is 17.0 Å². The van der Waals surface area contributed by atoms with Crippen LogP contribution >= 0.6 is 0 Å². The number of hydrogen-bond donors (Lipinski definition) is 1. The molecule has 1 aromatic rings. The number of carbonyl (C=O) groups excluding carboxylic acids is 1. The Hall–Kier alpha value is -1.75. The molecule has 1 saturated carbocycles. The highest BCUT2D eigenvalue weighted by Crippen LogP contribution is 2.38. The maximum Gasteiger partial charge on any atom is 0.317 e. The lowest BCUT2D eigenvalue weighted by molar-refractivity contribution is -0.00504. The second kappa shape index (κ2) is 7.88. The third-order valence-electron chi connectivity index (χ3n) is 5.36. The van der Waals surface area contributed by atoms with Crippen molar-refractivity contribution in [2.75, 3.05) is 33.9 Å². The Labute approximate surface area is 144 Å². The molecule has 1 aliphatic carbocycles. The molecule has 1 saturated heterocycles. The summed E-state index contributed by atoms with van der Waals surface area (Å²) >= 11 is 0. The largest absolute Gasteiger partial charge is 0.497 e. The Kier molecular flexibility index (Phi) is 5.61. The molecule has 0 aromatic heterocycles. The summed E-state index contributed by atoms with van der Waals surface area (Å²) in [5.41, 5.74) is 1.24. The zero-order chi connectivity index (χ0) is 16.9. The summed E-state index contributed by atoms with van der Waals surface area (Å²) in [5, 5.41) is 3.07. The van der Waals surface area contributed by atoms with Gasteiger partial charge in [0.05, 0.1) is 13.2 Å². The van der Waals surface area contributed by atoms with E-state index in [0.29, 0.717) is 24.5 Å². The van der Waals surface area contributed by atoms with Gasteiger partial charge >= 0.3 is 6.03 Å². The number of carbonyl (C=O) groups is 1. The Morgan fingerprint density at radius 3 is 2.67 bits per heavy atom. The lowest BCUT2D eigenvalue weighted by Gasteiger charge is -2.37. The van der Waals surface area contributed by atoms with Gasteiger partial charge in [0.25, 0.3) is 0 Å². The highest BCUT2D eigenvalue weighted by Gasteiger charge is 2.43. The van der Waals surface area contributed by atoms with Crippen molar-refractivity contribution in [3.63, 3.8) is 0 Å². The summed E-state index contributed by atoms with van der Waals surface area (Å²) < 4.78 is 10.8. The fraction of sp³-hybridized carbons (Fsp3) is 0.632. The third-order valence-corrected chi connectivity index (χ3v) is 5.36. The van der Waals surface area contributed by atoms with E-state index in [1.165, 1.54) is 18.4 Å². The van der Waals surface area contributed by atoms with E-state index >= 15 is 0 Å². The molecule has 5 nitrogen and oxygen atoms in total. The topological polar surface area (TPSA) is 50.8 Å². The fourth-order valence-corrected chi connectivity index (χ4v) is 4.15. The van der Waals surface area contributed by atoms with Gasteiger partial charge in [-0.05, 0) is 43.4 Å². The first kappa shape index (κ1) is 17.1. The number of aryl methyl sites for hydroxylation is 1. The van der Waals surface area contributed by atoms with Crippen molar-refractivity contribution in [1.29, 1.82) is 0 Å². The smallest absolute Gasteiger partial charge is 0.317 e. The molecule has 2 fully saturated rings. The van der Waals surface area contributed by atoms with Crippen LogP contribution in [0.3, 0.4) is 0 Å². The Morgan fingerprint density at radius 2 is 2.00 bits per heavy atom. The van der Waals surface area contributed by atoms with Gasteiger partial charge in [-0.3, -0.25) is 0 Å². The highest BCUT2D eigenvalue weighted by atomic mass is 16.5. The molecule has 3 rings (SSSR count). The minimum atomic E-state index is 0.0760. The normalized spacial score (nSPS) is 25.6. The molecule has 1 aromatic carbocycles. The monoisotopic (exact) mass is 332 g/mol. The number of nitrogens with zero attached hydrogens (tertiary/aromatic N) is 1. The number of amides is 2. The summed E-state index contributed by atoms with van der Waals surface area (Å²) in [4.78, 5) is 14.4. The number of benzene rings is 1. The predicted molar refractivity (Wildman–Crippen MR) is 93.3 cm³/mol. The molecule has 1 unspecified atom stereocenters. The lowest BCUT2D eigenvalue weighted by Crippen LogP contribution is -2.51. The number of hydrogen-bond acceptors (Lipinski definition) is 3. The molecule has 0 radical (unpaired) electrons. The number of piperidine rings is 1. The SMILES string of the molecule is COc1cccc(CCCNC(=O)N2C[C@H]3CC[C@@H](C2)C3OC)c1. The predicted octanol–water partition coefficient (Wildman–Crippen LogP) is 2.69. The number of methoxy groups -OCH3 is 2. The van der Waals surface area contributed by atoms with Crippen LogP contribution < -0.4 is 10.1 Å². The van der Waals surface area contributed by atoms with E-state index in [1.54, 1.807) is 14.2 Å². The second-order valence-electron chi connectivity index (χ2n) is 6.89. The van der Waals surface area contributed by atoms with Gasteiger partial charge < -0.3 is 19.7 Å². The molecule has 24 heavy (non-hydrogen) atoms. The minimum Gasteiger partial charge on any atom is -0.497 e. The maximum atomic E-state index is 12.4. The van der Waals surface area contributed by atoms with Crippen molar-refractivity contribution in [3.8, 4) is 5.75 Å². The van der Waals surface area contributed by atoms with E-state index in [2.05, 4.69) is 17.4 Å². The molecule has 1 heterocycles. The van der Waals surface area contributed by atoms with Gasteiger partial charge in [0.15, 0.2) is 0 Å². The van der Waals surface area contributed by atoms with Crippen LogP contribution in [0.2, 0.25) is 0 Å². The van der Waals surface area contributed by atoms with Gasteiger partial charge in [0, 0.05) is 38.6 Å². The van der Waals surface area contributed by atoms with E-state index in [0.717, 1.165) is 31.7 Å². The Bertz CT molecular complexity index is 549. The number of ether oxygens (including phenoxy) is 2.